The summed E-state index contributed by atoms with van der Waals surface area (Å²) in [5.74, 6) is -0.977. The van der Waals surface area contributed by atoms with Crippen LogP contribution in [0.5, 0.6) is 0 Å². The molecule has 6 heteroatoms. The van der Waals surface area contributed by atoms with E-state index in [0.29, 0.717) is 25.2 Å². The SMILES string of the molecule is O=C(C(=O)N1CCc2nc[nH]c2C1)c1c(-c2ccccc2)cc2ccccn12. The van der Waals surface area contributed by atoms with Crippen LogP contribution in [0.25, 0.3) is 16.6 Å². The molecule has 6 nitrogen and oxygen atoms in total. The number of carbonyl (C=O) groups excluding carboxylic acids is 2. The second-order valence-corrected chi connectivity index (χ2v) is 6.90. The smallest absolute Gasteiger partial charge is 0.296 e. The second-order valence-electron chi connectivity index (χ2n) is 6.90. The maximum absolute atomic E-state index is 13.3. The van der Waals surface area contributed by atoms with Crippen molar-refractivity contribution in [3.8, 4) is 11.1 Å². The number of hydrogen-bond donors (Lipinski definition) is 1. The van der Waals surface area contributed by atoms with Crippen LogP contribution in [0.1, 0.15) is 21.9 Å². The number of imidazole rings is 1. The highest BCUT2D eigenvalue weighted by Gasteiger charge is 2.31. The van der Waals surface area contributed by atoms with E-state index in [9.17, 15) is 9.59 Å². The number of pyridine rings is 1. The third-order valence-corrected chi connectivity index (χ3v) is 5.24. The molecule has 1 aliphatic heterocycles. The van der Waals surface area contributed by atoms with E-state index in [1.165, 1.54) is 0 Å². The van der Waals surface area contributed by atoms with Crippen molar-refractivity contribution in [3.05, 3.63) is 84.2 Å². The number of carbonyl (C=O) groups is 2. The van der Waals surface area contributed by atoms with Crippen molar-refractivity contribution in [1.29, 1.82) is 0 Å². The first-order valence-corrected chi connectivity index (χ1v) is 9.22. The van der Waals surface area contributed by atoms with Gasteiger partial charge in [0.05, 0.1) is 24.3 Å². The average Bonchev–Trinajstić information content (AvgIpc) is 3.37. The summed E-state index contributed by atoms with van der Waals surface area (Å²) in [5, 5.41) is 0. The van der Waals surface area contributed by atoms with E-state index in [2.05, 4.69) is 9.97 Å². The molecule has 4 heterocycles. The second kappa shape index (κ2) is 6.49. The van der Waals surface area contributed by atoms with Gasteiger partial charge in [0.15, 0.2) is 0 Å². The summed E-state index contributed by atoms with van der Waals surface area (Å²) in [7, 11) is 0. The zero-order valence-corrected chi connectivity index (χ0v) is 15.1. The Labute approximate surface area is 161 Å². The number of nitrogens with one attached hydrogen (secondary N) is 1. The normalized spacial score (nSPS) is 13.5. The van der Waals surface area contributed by atoms with E-state index >= 15 is 0 Å². The molecule has 0 radical (unpaired) electrons. The number of fused-ring (bicyclic) bond motifs is 2. The molecule has 1 N–H and O–H groups in total. The molecule has 0 spiro atoms. The van der Waals surface area contributed by atoms with Gasteiger partial charge in [0.25, 0.3) is 11.7 Å². The Balaban J connectivity index is 1.57. The number of rotatable bonds is 3. The minimum atomic E-state index is -0.493. The van der Waals surface area contributed by atoms with Crippen LogP contribution in [0.15, 0.2) is 67.1 Å². The Kier molecular flexibility index (Phi) is 3.83. The summed E-state index contributed by atoms with van der Waals surface area (Å²) in [6.07, 6.45) is 4.11. The zero-order chi connectivity index (χ0) is 19.1. The van der Waals surface area contributed by atoms with E-state index in [4.69, 9.17) is 0 Å². The molecule has 0 fully saturated rings. The fourth-order valence-electron chi connectivity index (χ4n) is 3.82. The van der Waals surface area contributed by atoms with Crippen LogP contribution in [0.2, 0.25) is 0 Å². The van der Waals surface area contributed by atoms with Gasteiger partial charge in [-0.1, -0.05) is 36.4 Å². The summed E-state index contributed by atoms with van der Waals surface area (Å²) in [4.78, 5) is 35.3. The van der Waals surface area contributed by atoms with Gasteiger partial charge in [-0.05, 0) is 23.8 Å². The largest absolute Gasteiger partial charge is 0.347 e. The van der Waals surface area contributed by atoms with Crippen molar-refractivity contribution < 1.29 is 9.59 Å². The van der Waals surface area contributed by atoms with Crippen LogP contribution in [0.3, 0.4) is 0 Å². The summed E-state index contributed by atoms with van der Waals surface area (Å²) < 4.78 is 1.80. The molecule has 0 aliphatic carbocycles. The Morgan fingerprint density at radius 3 is 2.71 bits per heavy atom. The number of nitrogens with zero attached hydrogens (tertiary/aromatic N) is 3. The van der Waals surface area contributed by atoms with Crippen molar-refractivity contribution in [3.63, 3.8) is 0 Å². The maximum Gasteiger partial charge on any atom is 0.296 e. The van der Waals surface area contributed by atoms with Gasteiger partial charge >= 0.3 is 0 Å². The number of aromatic nitrogens is 3. The molecule has 0 saturated heterocycles. The first kappa shape index (κ1) is 16.5. The number of ketones is 1. The van der Waals surface area contributed by atoms with Crippen LogP contribution in [0.4, 0.5) is 0 Å². The number of benzene rings is 1. The summed E-state index contributed by atoms with van der Waals surface area (Å²) in [6, 6.07) is 17.4. The fourth-order valence-corrected chi connectivity index (χ4v) is 3.82. The Morgan fingerprint density at radius 1 is 1.04 bits per heavy atom. The average molecular weight is 370 g/mol. The van der Waals surface area contributed by atoms with Gasteiger partial charge in [-0.25, -0.2) is 4.98 Å². The first-order valence-electron chi connectivity index (χ1n) is 9.22. The quantitative estimate of drug-likeness (QED) is 0.445. The van der Waals surface area contributed by atoms with Crippen molar-refractivity contribution in [2.45, 2.75) is 13.0 Å². The molecule has 1 amide bonds. The molecule has 5 rings (SSSR count). The maximum atomic E-state index is 13.3. The first-order chi connectivity index (χ1) is 13.7. The molecular formula is C22H18N4O2. The van der Waals surface area contributed by atoms with Gasteiger partial charge in [0, 0.05) is 30.2 Å². The van der Waals surface area contributed by atoms with E-state index in [1.807, 2.05) is 60.8 Å². The van der Waals surface area contributed by atoms with Crippen LogP contribution in [0, 0.1) is 0 Å². The lowest BCUT2D eigenvalue weighted by molar-refractivity contribution is -0.127. The van der Waals surface area contributed by atoms with Crippen molar-refractivity contribution in [1.82, 2.24) is 19.3 Å². The standard InChI is InChI=1S/C22H18N4O2/c27-21(22(28)25-11-9-18-19(13-25)24-14-23-18)20-17(15-6-2-1-3-7-15)12-16-8-4-5-10-26(16)20/h1-8,10,12,14H,9,11,13H2,(H,23,24). The molecule has 4 aromatic rings. The molecule has 0 saturated carbocycles. The van der Waals surface area contributed by atoms with Gasteiger partial charge < -0.3 is 14.3 Å². The summed E-state index contributed by atoms with van der Waals surface area (Å²) >= 11 is 0. The lowest BCUT2D eigenvalue weighted by atomic mass is 10.0. The third-order valence-electron chi connectivity index (χ3n) is 5.24. The summed E-state index contributed by atoms with van der Waals surface area (Å²) in [5.41, 5.74) is 4.83. The lowest BCUT2D eigenvalue weighted by Crippen LogP contribution is -2.40. The van der Waals surface area contributed by atoms with E-state index < -0.39 is 11.7 Å². The number of aromatic amines is 1. The van der Waals surface area contributed by atoms with Crippen LogP contribution in [-0.4, -0.2) is 37.5 Å². The molecule has 0 unspecified atom stereocenters. The number of H-pyrrole nitrogens is 1. The van der Waals surface area contributed by atoms with Crippen molar-refractivity contribution in [2.24, 2.45) is 0 Å². The molecule has 0 atom stereocenters. The molecule has 0 bridgehead atoms. The van der Waals surface area contributed by atoms with Gasteiger partial charge in [0.1, 0.15) is 5.69 Å². The van der Waals surface area contributed by atoms with Crippen molar-refractivity contribution in [2.75, 3.05) is 6.54 Å². The van der Waals surface area contributed by atoms with Gasteiger partial charge in [-0.3, -0.25) is 9.59 Å². The van der Waals surface area contributed by atoms with Gasteiger partial charge in [-0.2, -0.15) is 0 Å². The minimum absolute atomic E-state index is 0.379. The zero-order valence-electron chi connectivity index (χ0n) is 15.1. The van der Waals surface area contributed by atoms with Crippen molar-refractivity contribution >= 4 is 17.2 Å². The lowest BCUT2D eigenvalue weighted by Gasteiger charge is -2.25. The highest BCUT2D eigenvalue weighted by Crippen LogP contribution is 2.29. The number of Topliss-reactive ketones (excluding diaryl/α,β-unsaturated/α-hetero) is 1. The van der Waals surface area contributed by atoms with E-state index in [-0.39, 0.29) is 0 Å². The van der Waals surface area contributed by atoms with E-state index in [0.717, 1.165) is 28.0 Å². The molecule has 3 aromatic heterocycles. The molecule has 1 aliphatic rings. The molecule has 28 heavy (non-hydrogen) atoms. The molecule has 1 aromatic carbocycles. The monoisotopic (exact) mass is 370 g/mol. The molecular weight excluding hydrogens is 352 g/mol. The topological polar surface area (TPSA) is 70.5 Å². The molecule has 138 valence electrons. The van der Waals surface area contributed by atoms with Crippen LogP contribution >= 0.6 is 0 Å². The highest BCUT2D eigenvalue weighted by molar-refractivity contribution is 6.43. The van der Waals surface area contributed by atoms with E-state index in [1.54, 1.807) is 15.6 Å². The van der Waals surface area contributed by atoms with Crippen LogP contribution < -0.4 is 0 Å². The Morgan fingerprint density at radius 2 is 1.86 bits per heavy atom. The predicted molar refractivity (Wildman–Crippen MR) is 105 cm³/mol. The summed E-state index contributed by atoms with van der Waals surface area (Å²) in [6.45, 7) is 0.871. The Bertz CT molecular complexity index is 1190. The third kappa shape index (κ3) is 2.62. The number of amides is 1. The highest BCUT2D eigenvalue weighted by atomic mass is 16.2. The Hall–Kier alpha value is -3.67. The van der Waals surface area contributed by atoms with Crippen LogP contribution in [-0.2, 0) is 17.8 Å². The predicted octanol–water partition coefficient (Wildman–Crippen LogP) is 3.10. The fraction of sp³-hybridized carbons (Fsp3) is 0.136. The van der Waals surface area contributed by atoms with Gasteiger partial charge in [-0.15, -0.1) is 0 Å². The van der Waals surface area contributed by atoms with Gasteiger partial charge in [0.2, 0.25) is 0 Å². The number of hydrogen-bond acceptors (Lipinski definition) is 3. The minimum Gasteiger partial charge on any atom is -0.347 e.